The number of allylic oxidation sites excluding steroid dienone is 1. The normalized spacial score (nSPS) is 20.9. The highest BCUT2D eigenvalue weighted by Gasteiger charge is 2.37. The number of anilines is 1. The number of amides is 2. The molecule has 1 aromatic carbocycles. The molecule has 2 amide bonds. The molecule has 1 aliphatic carbocycles. The van der Waals surface area contributed by atoms with Crippen molar-refractivity contribution in [3.63, 3.8) is 0 Å². The summed E-state index contributed by atoms with van der Waals surface area (Å²) >= 11 is 0. The predicted octanol–water partition coefficient (Wildman–Crippen LogP) is 2.05. The molecule has 0 spiro atoms. The van der Waals surface area contributed by atoms with Crippen molar-refractivity contribution < 1.29 is 23.2 Å². The molecule has 3 rings (SSSR count). The first kappa shape index (κ1) is 15.3. The molecule has 1 heterocycles. The van der Waals surface area contributed by atoms with Gasteiger partial charge in [0.15, 0.2) is 17.4 Å². The van der Waals surface area contributed by atoms with Crippen molar-refractivity contribution in [2.45, 2.75) is 25.7 Å². The van der Waals surface area contributed by atoms with Crippen molar-refractivity contribution in [1.82, 2.24) is 5.32 Å². The number of rotatable bonds is 2. The van der Waals surface area contributed by atoms with Gasteiger partial charge in [-0.15, -0.1) is 0 Å². The van der Waals surface area contributed by atoms with Crippen LogP contribution in [0.2, 0.25) is 0 Å². The first-order chi connectivity index (χ1) is 11.0. The van der Waals surface area contributed by atoms with Crippen LogP contribution in [0.25, 0.3) is 0 Å². The van der Waals surface area contributed by atoms with Crippen LogP contribution in [0.5, 0.6) is 0 Å². The molecule has 2 N–H and O–H groups in total. The van der Waals surface area contributed by atoms with Gasteiger partial charge in [0.25, 0.3) is 0 Å². The van der Waals surface area contributed by atoms with Gasteiger partial charge >= 0.3 is 0 Å². The van der Waals surface area contributed by atoms with Crippen molar-refractivity contribution in [3.8, 4) is 0 Å². The number of carbonyl (C=O) groups is 3. The molecule has 0 radical (unpaired) electrons. The van der Waals surface area contributed by atoms with Gasteiger partial charge in [0.1, 0.15) is 0 Å². The van der Waals surface area contributed by atoms with Gasteiger partial charge in [0.05, 0.1) is 5.92 Å². The number of Topliss-reactive ketones (excluding diaryl/α,β-unsaturated/α-hetero) is 1. The lowest BCUT2D eigenvalue weighted by molar-refractivity contribution is -0.128. The lowest BCUT2D eigenvalue weighted by Gasteiger charge is -2.30. The second-order valence-corrected chi connectivity index (χ2v) is 5.59. The van der Waals surface area contributed by atoms with E-state index in [0.717, 1.165) is 12.1 Å². The monoisotopic (exact) mass is 320 g/mol. The smallest absolute Gasteiger partial charge is 0.232 e. The zero-order chi connectivity index (χ0) is 16.6. The summed E-state index contributed by atoms with van der Waals surface area (Å²) in [6, 6.07) is 2.97. The number of carbonyl (C=O) groups excluding carboxylic acids is 3. The average Bonchev–Trinajstić information content (AvgIpc) is 2.50. The Bertz CT molecular complexity index is 743. The Labute approximate surface area is 130 Å². The number of benzene rings is 1. The fraction of sp³-hybridized carbons (Fsp3) is 0.312. The maximum atomic E-state index is 13.2. The van der Waals surface area contributed by atoms with Crippen LogP contribution in [0.4, 0.5) is 14.5 Å². The van der Waals surface area contributed by atoms with E-state index < -0.39 is 23.5 Å². The quantitative estimate of drug-likeness (QED) is 0.876. The summed E-state index contributed by atoms with van der Waals surface area (Å²) in [4.78, 5) is 36.3. The van der Waals surface area contributed by atoms with Crippen molar-refractivity contribution >= 4 is 23.3 Å². The SMILES string of the molecule is O=C1C[C@@H](C(=O)Nc2ccc(F)c(F)c2)C2=C(CCCC2=O)N1. The van der Waals surface area contributed by atoms with Crippen molar-refractivity contribution in [1.29, 1.82) is 0 Å². The maximum absolute atomic E-state index is 13.2. The number of hydrogen-bond acceptors (Lipinski definition) is 3. The minimum Gasteiger partial charge on any atom is -0.329 e. The first-order valence-electron chi connectivity index (χ1n) is 7.27. The Hall–Kier alpha value is -2.57. The molecule has 5 nitrogen and oxygen atoms in total. The van der Waals surface area contributed by atoms with Crippen LogP contribution in [-0.4, -0.2) is 17.6 Å². The average molecular weight is 320 g/mol. The third kappa shape index (κ3) is 2.99. The first-order valence-corrected chi connectivity index (χ1v) is 7.27. The minimum absolute atomic E-state index is 0.0743. The largest absolute Gasteiger partial charge is 0.329 e. The molecule has 0 unspecified atom stereocenters. The van der Waals surface area contributed by atoms with Crippen LogP contribution in [-0.2, 0) is 14.4 Å². The fourth-order valence-electron chi connectivity index (χ4n) is 2.93. The van der Waals surface area contributed by atoms with E-state index in [9.17, 15) is 23.2 Å². The van der Waals surface area contributed by atoms with Gasteiger partial charge in [-0.3, -0.25) is 14.4 Å². The van der Waals surface area contributed by atoms with Crippen LogP contribution in [0, 0.1) is 17.6 Å². The van der Waals surface area contributed by atoms with Gasteiger partial charge in [-0.25, -0.2) is 8.78 Å². The van der Waals surface area contributed by atoms with Gasteiger partial charge < -0.3 is 10.6 Å². The van der Waals surface area contributed by atoms with E-state index in [1.165, 1.54) is 6.07 Å². The summed E-state index contributed by atoms with van der Waals surface area (Å²) in [5.74, 6) is -4.07. The summed E-state index contributed by atoms with van der Waals surface area (Å²) in [6.45, 7) is 0. The van der Waals surface area contributed by atoms with Crippen LogP contribution < -0.4 is 10.6 Å². The van der Waals surface area contributed by atoms with E-state index in [1.54, 1.807) is 0 Å². The number of hydrogen-bond donors (Lipinski definition) is 2. The topological polar surface area (TPSA) is 75.3 Å². The lowest BCUT2D eigenvalue weighted by atomic mass is 9.81. The predicted molar refractivity (Wildman–Crippen MR) is 77.1 cm³/mol. The van der Waals surface area contributed by atoms with E-state index in [0.29, 0.717) is 30.5 Å². The molecule has 0 bridgehead atoms. The van der Waals surface area contributed by atoms with Crippen molar-refractivity contribution in [2.24, 2.45) is 5.92 Å². The van der Waals surface area contributed by atoms with Gasteiger partial charge in [-0.1, -0.05) is 0 Å². The molecule has 0 fully saturated rings. The third-order valence-electron chi connectivity index (χ3n) is 3.99. The van der Waals surface area contributed by atoms with E-state index >= 15 is 0 Å². The molecule has 2 aliphatic rings. The van der Waals surface area contributed by atoms with E-state index in [1.807, 2.05) is 0 Å². The van der Waals surface area contributed by atoms with Gasteiger partial charge in [-0.2, -0.15) is 0 Å². The van der Waals surface area contributed by atoms with E-state index in [-0.39, 0.29) is 23.8 Å². The highest BCUT2D eigenvalue weighted by Crippen LogP contribution is 2.32. The second kappa shape index (κ2) is 5.91. The molecule has 23 heavy (non-hydrogen) atoms. The summed E-state index contributed by atoms with van der Waals surface area (Å²) in [5, 5.41) is 5.09. The molecule has 120 valence electrons. The van der Waals surface area contributed by atoms with Gasteiger partial charge in [0, 0.05) is 35.9 Å². The molecule has 0 aromatic heterocycles. The van der Waals surface area contributed by atoms with Gasteiger partial charge in [0.2, 0.25) is 11.8 Å². The van der Waals surface area contributed by atoms with Gasteiger partial charge in [-0.05, 0) is 25.0 Å². The number of halogens is 2. The summed E-state index contributed by atoms with van der Waals surface area (Å²) in [5.41, 5.74) is 0.907. The highest BCUT2D eigenvalue weighted by atomic mass is 19.2. The Morgan fingerprint density at radius 3 is 2.70 bits per heavy atom. The molecule has 1 aromatic rings. The number of ketones is 1. The maximum Gasteiger partial charge on any atom is 0.232 e. The third-order valence-corrected chi connectivity index (χ3v) is 3.99. The molecule has 0 saturated carbocycles. The molecular weight excluding hydrogens is 306 g/mol. The zero-order valence-electron chi connectivity index (χ0n) is 12.1. The summed E-state index contributed by atoms with van der Waals surface area (Å²) in [7, 11) is 0. The standard InChI is InChI=1S/C16H14F2N2O3/c17-10-5-4-8(6-11(10)18)19-16(23)9-7-14(22)20-12-2-1-3-13(21)15(9)12/h4-6,9H,1-3,7H2,(H,19,23)(H,20,22)/t9-/m1/s1. The van der Waals surface area contributed by atoms with E-state index in [4.69, 9.17) is 0 Å². The Balaban J connectivity index is 1.86. The zero-order valence-corrected chi connectivity index (χ0v) is 12.1. The Morgan fingerprint density at radius 1 is 1.17 bits per heavy atom. The Morgan fingerprint density at radius 2 is 1.96 bits per heavy atom. The van der Waals surface area contributed by atoms with Crippen LogP contribution >= 0.6 is 0 Å². The summed E-state index contributed by atoms with van der Waals surface area (Å²) < 4.78 is 26.1. The lowest BCUT2D eigenvalue weighted by Crippen LogP contribution is -2.41. The van der Waals surface area contributed by atoms with Crippen molar-refractivity contribution in [3.05, 3.63) is 41.1 Å². The Kier molecular flexibility index (Phi) is 3.94. The second-order valence-electron chi connectivity index (χ2n) is 5.59. The molecule has 1 atom stereocenters. The van der Waals surface area contributed by atoms with Crippen molar-refractivity contribution in [2.75, 3.05) is 5.32 Å². The van der Waals surface area contributed by atoms with E-state index in [2.05, 4.69) is 10.6 Å². The van der Waals surface area contributed by atoms with Crippen LogP contribution in [0.3, 0.4) is 0 Å². The molecule has 7 heteroatoms. The fourth-order valence-corrected chi connectivity index (χ4v) is 2.93. The minimum atomic E-state index is -1.09. The van der Waals surface area contributed by atoms with Crippen LogP contribution in [0.1, 0.15) is 25.7 Å². The van der Waals surface area contributed by atoms with Crippen LogP contribution in [0.15, 0.2) is 29.5 Å². The number of nitrogens with one attached hydrogen (secondary N) is 2. The highest BCUT2D eigenvalue weighted by molar-refractivity contribution is 6.08. The molecule has 0 saturated heterocycles. The molecular formula is C16H14F2N2O3. The summed E-state index contributed by atoms with van der Waals surface area (Å²) in [6.07, 6.45) is 1.38. The molecule has 1 aliphatic heterocycles.